The van der Waals surface area contributed by atoms with Crippen molar-refractivity contribution in [3.63, 3.8) is 0 Å². The summed E-state index contributed by atoms with van der Waals surface area (Å²) in [6.07, 6.45) is 13.0. The topological polar surface area (TPSA) is 18.5 Å². The van der Waals surface area contributed by atoms with E-state index < -0.39 is 0 Å². The van der Waals surface area contributed by atoms with Crippen LogP contribution in [0.1, 0.15) is 64.7 Å². The molecule has 21 heavy (non-hydrogen) atoms. The minimum Gasteiger partial charge on any atom is -0.312 e. The molecule has 1 heterocycles. The van der Waals surface area contributed by atoms with Gasteiger partial charge >= 0.3 is 0 Å². The molecule has 1 saturated heterocycles. The van der Waals surface area contributed by atoms with E-state index in [2.05, 4.69) is 22.0 Å². The second kappa shape index (κ2) is 7.94. The number of piperazine rings is 1. The van der Waals surface area contributed by atoms with Gasteiger partial charge in [0.05, 0.1) is 0 Å². The molecule has 122 valence electrons. The fourth-order valence-electron chi connectivity index (χ4n) is 4.59. The highest BCUT2D eigenvalue weighted by Gasteiger charge is 2.27. The van der Waals surface area contributed by atoms with E-state index in [1.165, 1.54) is 90.5 Å². The highest BCUT2D eigenvalue weighted by atomic mass is 15.3. The molecule has 1 N–H and O–H groups in total. The smallest absolute Gasteiger partial charge is 0.0193 e. The Labute approximate surface area is 131 Å². The van der Waals surface area contributed by atoms with Gasteiger partial charge in [0.1, 0.15) is 0 Å². The zero-order chi connectivity index (χ0) is 14.5. The van der Waals surface area contributed by atoms with E-state index in [0.29, 0.717) is 6.04 Å². The Hall–Kier alpha value is -0.120. The SMILES string of the molecule is CC(CNC1CCCCC1)N1CCN(C2CCCC2)CC1. The second-order valence-corrected chi connectivity index (χ2v) is 7.60. The van der Waals surface area contributed by atoms with Crippen LogP contribution >= 0.6 is 0 Å². The van der Waals surface area contributed by atoms with Crippen LogP contribution < -0.4 is 5.32 Å². The fourth-order valence-corrected chi connectivity index (χ4v) is 4.59. The van der Waals surface area contributed by atoms with Crippen molar-refractivity contribution in [3.8, 4) is 0 Å². The van der Waals surface area contributed by atoms with Crippen LogP contribution in [-0.2, 0) is 0 Å². The first-order chi connectivity index (χ1) is 10.3. The average Bonchev–Trinajstić information content (AvgIpc) is 3.08. The van der Waals surface area contributed by atoms with Crippen LogP contribution in [-0.4, -0.2) is 60.6 Å². The van der Waals surface area contributed by atoms with E-state index in [-0.39, 0.29) is 0 Å². The molecule has 3 nitrogen and oxygen atoms in total. The molecule has 2 saturated carbocycles. The van der Waals surface area contributed by atoms with Crippen LogP contribution in [0, 0.1) is 0 Å². The molecule has 0 spiro atoms. The summed E-state index contributed by atoms with van der Waals surface area (Å²) in [5, 5.41) is 3.83. The summed E-state index contributed by atoms with van der Waals surface area (Å²) >= 11 is 0. The maximum Gasteiger partial charge on any atom is 0.0193 e. The van der Waals surface area contributed by atoms with Gasteiger partial charge in [0.15, 0.2) is 0 Å². The second-order valence-electron chi connectivity index (χ2n) is 7.60. The summed E-state index contributed by atoms with van der Waals surface area (Å²) < 4.78 is 0. The van der Waals surface area contributed by atoms with Crippen molar-refractivity contribution < 1.29 is 0 Å². The van der Waals surface area contributed by atoms with Gasteiger partial charge in [-0.1, -0.05) is 32.1 Å². The molecule has 1 atom stereocenters. The highest BCUT2D eigenvalue weighted by molar-refractivity contribution is 4.84. The third kappa shape index (κ3) is 4.43. The van der Waals surface area contributed by atoms with Gasteiger partial charge in [-0.2, -0.15) is 0 Å². The summed E-state index contributed by atoms with van der Waals surface area (Å²) in [5.74, 6) is 0. The van der Waals surface area contributed by atoms with E-state index >= 15 is 0 Å². The number of hydrogen-bond acceptors (Lipinski definition) is 3. The molecule has 2 aliphatic carbocycles. The maximum atomic E-state index is 3.83. The lowest BCUT2D eigenvalue weighted by molar-refractivity contribution is 0.0737. The first-order valence-electron chi connectivity index (χ1n) is 9.54. The molecule has 0 aromatic carbocycles. The summed E-state index contributed by atoms with van der Waals surface area (Å²) in [4.78, 5) is 5.48. The zero-order valence-electron chi connectivity index (χ0n) is 14.0. The average molecular weight is 293 g/mol. The molecule has 0 radical (unpaired) electrons. The Bertz CT molecular complexity index is 287. The normalized spacial score (nSPS) is 29.0. The van der Waals surface area contributed by atoms with E-state index in [1.807, 2.05) is 0 Å². The number of rotatable bonds is 5. The van der Waals surface area contributed by atoms with E-state index in [4.69, 9.17) is 0 Å². The van der Waals surface area contributed by atoms with Gasteiger partial charge in [0.2, 0.25) is 0 Å². The molecule has 0 aromatic rings. The van der Waals surface area contributed by atoms with Crippen LogP contribution in [0.25, 0.3) is 0 Å². The predicted octanol–water partition coefficient (Wildman–Crippen LogP) is 2.86. The van der Waals surface area contributed by atoms with Crippen LogP contribution in [0.15, 0.2) is 0 Å². The highest BCUT2D eigenvalue weighted by Crippen LogP contribution is 2.24. The molecule has 0 bridgehead atoms. The molecule has 0 aromatic heterocycles. The standard InChI is InChI=1S/C18H35N3/c1-16(15-19-17-7-3-2-4-8-17)20-11-13-21(14-12-20)18-9-5-6-10-18/h16-19H,2-15H2,1H3. The molecular weight excluding hydrogens is 258 g/mol. The van der Waals surface area contributed by atoms with Crippen molar-refractivity contribution in [2.45, 2.75) is 82.8 Å². The van der Waals surface area contributed by atoms with Crippen LogP contribution in [0.2, 0.25) is 0 Å². The molecule has 1 aliphatic heterocycles. The minimum atomic E-state index is 0.706. The third-order valence-electron chi connectivity index (χ3n) is 6.12. The minimum absolute atomic E-state index is 0.706. The van der Waals surface area contributed by atoms with Crippen molar-refractivity contribution in [3.05, 3.63) is 0 Å². The molecule has 3 heteroatoms. The Morgan fingerprint density at radius 3 is 2.14 bits per heavy atom. The van der Waals surface area contributed by atoms with E-state index in [1.54, 1.807) is 0 Å². The first-order valence-corrected chi connectivity index (χ1v) is 9.54. The number of nitrogens with one attached hydrogen (secondary N) is 1. The Kier molecular flexibility index (Phi) is 5.96. The van der Waals surface area contributed by atoms with Crippen LogP contribution in [0.4, 0.5) is 0 Å². The molecule has 3 rings (SSSR count). The zero-order valence-corrected chi connectivity index (χ0v) is 14.0. The molecule has 3 aliphatic rings. The van der Waals surface area contributed by atoms with Crippen molar-refractivity contribution >= 4 is 0 Å². The maximum absolute atomic E-state index is 3.83. The van der Waals surface area contributed by atoms with Gasteiger partial charge in [-0.3, -0.25) is 9.80 Å². The van der Waals surface area contributed by atoms with E-state index in [9.17, 15) is 0 Å². The molecular formula is C18H35N3. The third-order valence-corrected chi connectivity index (χ3v) is 6.12. The Balaban J connectivity index is 1.35. The molecule has 1 unspecified atom stereocenters. The van der Waals surface area contributed by atoms with Gasteiger partial charge in [-0.25, -0.2) is 0 Å². The monoisotopic (exact) mass is 293 g/mol. The molecule has 3 fully saturated rings. The number of nitrogens with zero attached hydrogens (tertiary/aromatic N) is 2. The Morgan fingerprint density at radius 1 is 0.857 bits per heavy atom. The van der Waals surface area contributed by atoms with Crippen molar-refractivity contribution in [2.75, 3.05) is 32.7 Å². The quantitative estimate of drug-likeness (QED) is 0.841. The van der Waals surface area contributed by atoms with Crippen LogP contribution in [0.3, 0.4) is 0 Å². The number of hydrogen-bond donors (Lipinski definition) is 1. The van der Waals surface area contributed by atoms with Crippen molar-refractivity contribution in [1.82, 2.24) is 15.1 Å². The van der Waals surface area contributed by atoms with E-state index in [0.717, 1.165) is 12.1 Å². The first kappa shape index (κ1) is 15.8. The Morgan fingerprint density at radius 2 is 1.48 bits per heavy atom. The lowest BCUT2D eigenvalue weighted by atomic mass is 9.95. The van der Waals surface area contributed by atoms with Gasteiger partial charge in [0, 0.05) is 50.8 Å². The fraction of sp³-hybridized carbons (Fsp3) is 1.00. The summed E-state index contributed by atoms with van der Waals surface area (Å²) in [5.41, 5.74) is 0. The molecule has 0 amide bonds. The summed E-state index contributed by atoms with van der Waals surface area (Å²) in [6.45, 7) is 8.78. The largest absolute Gasteiger partial charge is 0.312 e. The summed E-state index contributed by atoms with van der Waals surface area (Å²) in [7, 11) is 0. The van der Waals surface area contributed by atoms with Gasteiger partial charge in [-0.05, 0) is 32.6 Å². The van der Waals surface area contributed by atoms with Gasteiger partial charge in [-0.15, -0.1) is 0 Å². The predicted molar refractivity (Wildman–Crippen MR) is 89.7 cm³/mol. The van der Waals surface area contributed by atoms with Gasteiger partial charge < -0.3 is 5.32 Å². The van der Waals surface area contributed by atoms with Gasteiger partial charge in [0.25, 0.3) is 0 Å². The summed E-state index contributed by atoms with van der Waals surface area (Å²) in [6, 6.07) is 2.43. The van der Waals surface area contributed by atoms with Crippen LogP contribution in [0.5, 0.6) is 0 Å². The lowest BCUT2D eigenvalue weighted by Crippen LogP contribution is -2.54. The van der Waals surface area contributed by atoms with Crippen molar-refractivity contribution in [2.24, 2.45) is 0 Å². The lowest BCUT2D eigenvalue weighted by Gasteiger charge is -2.41. The van der Waals surface area contributed by atoms with Crippen molar-refractivity contribution in [1.29, 1.82) is 0 Å².